The lowest BCUT2D eigenvalue weighted by Crippen LogP contribution is -2.29. The van der Waals surface area contributed by atoms with Gasteiger partial charge in [-0.3, -0.25) is 0 Å². The van der Waals surface area contributed by atoms with Crippen LogP contribution in [0, 0.1) is 40.9 Å². The van der Waals surface area contributed by atoms with Crippen LogP contribution >= 0.6 is 0 Å². The van der Waals surface area contributed by atoms with Crippen molar-refractivity contribution < 1.29 is 40.2 Å². The van der Waals surface area contributed by atoms with Gasteiger partial charge in [0, 0.05) is 12.1 Å². The molecule has 1 unspecified atom stereocenters. The first-order valence-corrected chi connectivity index (χ1v) is 13.1. The molecule has 2 nitrogen and oxygen atoms in total. The Morgan fingerprint density at radius 1 is 0.842 bits per heavy atom. The summed E-state index contributed by atoms with van der Waals surface area (Å²) in [5.74, 6) is -8.59. The third kappa shape index (κ3) is 6.46. The van der Waals surface area contributed by atoms with Gasteiger partial charge in [0.1, 0.15) is 29.1 Å². The lowest BCUT2D eigenvalue weighted by Gasteiger charge is -2.35. The van der Waals surface area contributed by atoms with E-state index in [1.165, 1.54) is 44.8 Å². The summed E-state index contributed by atoms with van der Waals surface area (Å²) in [4.78, 5) is 0. The zero-order valence-corrected chi connectivity index (χ0v) is 21.2. The molecule has 1 aliphatic carbocycles. The van der Waals surface area contributed by atoms with Gasteiger partial charge in [-0.1, -0.05) is 45.4 Å². The maximum absolute atomic E-state index is 14.7. The van der Waals surface area contributed by atoms with Crippen molar-refractivity contribution in [2.75, 3.05) is 0 Å². The normalized spacial score (nSPS) is 22.1. The predicted octanol–water partition coefficient (Wildman–Crippen LogP) is 9.42. The Morgan fingerprint density at radius 3 is 2.03 bits per heavy atom. The van der Waals surface area contributed by atoms with Gasteiger partial charge in [0.15, 0.2) is 17.5 Å². The maximum atomic E-state index is 14.7. The van der Waals surface area contributed by atoms with Gasteiger partial charge in [-0.05, 0) is 60.8 Å². The molecule has 0 amide bonds. The van der Waals surface area contributed by atoms with Crippen LogP contribution in [-0.2, 0) is 10.8 Å². The molecule has 0 saturated heterocycles. The van der Waals surface area contributed by atoms with Crippen molar-refractivity contribution in [3.63, 3.8) is 0 Å². The minimum atomic E-state index is -4.62. The second-order valence-electron chi connectivity index (χ2n) is 10.3. The van der Waals surface area contributed by atoms with E-state index in [0.717, 1.165) is 30.9 Å². The molecule has 1 fully saturated rings. The van der Waals surface area contributed by atoms with E-state index in [1.54, 1.807) is 0 Å². The number of alkyl halides is 2. The van der Waals surface area contributed by atoms with E-state index in [4.69, 9.17) is 4.74 Å². The van der Waals surface area contributed by atoms with Crippen LogP contribution in [-0.4, -0.2) is 6.10 Å². The molecule has 1 aliphatic heterocycles. The van der Waals surface area contributed by atoms with E-state index in [9.17, 15) is 30.7 Å². The van der Waals surface area contributed by atoms with Crippen LogP contribution in [0.15, 0.2) is 30.5 Å². The number of benzene rings is 2. The Hall–Kier alpha value is -2.71. The van der Waals surface area contributed by atoms with Crippen molar-refractivity contribution in [3.05, 3.63) is 70.7 Å². The maximum Gasteiger partial charge on any atom is 0.432 e. The summed E-state index contributed by atoms with van der Waals surface area (Å²) >= 11 is 0. The Balaban J connectivity index is 1.41. The highest BCUT2D eigenvalue weighted by Crippen LogP contribution is 2.41. The van der Waals surface area contributed by atoms with Crippen molar-refractivity contribution in [3.8, 4) is 5.75 Å². The third-order valence-electron chi connectivity index (χ3n) is 7.62. The minimum absolute atomic E-state index is 0.0125. The number of halogens is 7. The highest BCUT2D eigenvalue weighted by atomic mass is 19.3. The Morgan fingerprint density at radius 2 is 1.47 bits per heavy atom. The second-order valence-corrected chi connectivity index (χ2v) is 10.3. The van der Waals surface area contributed by atoms with Gasteiger partial charge >= 0.3 is 6.11 Å². The zero-order chi connectivity index (χ0) is 27.4. The summed E-state index contributed by atoms with van der Waals surface area (Å²) < 4.78 is 109. The van der Waals surface area contributed by atoms with Gasteiger partial charge in [-0.15, -0.1) is 0 Å². The van der Waals surface area contributed by atoms with Crippen LogP contribution in [0.1, 0.15) is 82.3 Å². The number of rotatable bonds is 9. The van der Waals surface area contributed by atoms with Crippen LogP contribution in [0.3, 0.4) is 0 Å². The van der Waals surface area contributed by atoms with Gasteiger partial charge in [-0.2, -0.15) is 8.78 Å². The molecule has 0 aromatic heterocycles. The smallest absolute Gasteiger partial charge is 0.432 e. The number of ether oxygens (including phenoxy) is 2. The molecule has 1 saturated carbocycles. The van der Waals surface area contributed by atoms with Gasteiger partial charge in [0.25, 0.3) is 0 Å². The lowest BCUT2D eigenvalue weighted by molar-refractivity contribution is -0.189. The van der Waals surface area contributed by atoms with E-state index >= 15 is 0 Å². The summed E-state index contributed by atoms with van der Waals surface area (Å²) in [5.41, 5.74) is -1.19. The first-order valence-electron chi connectivity index (χ1n) is 13.1. The zero-order valence-electron chi connectivity index (χ0n) is 21.2. The molecular weight excluding hydrogens is 513 g/mol. The first-order chi connectivity index (χ1) is 18.1. The molecular formula is C29H31F7O2. The van der Waals surface area contributed by atoms with Crippen LogP contribution in [0.25, 0.3) is 5.57 Å². The quantitative estimate of drug-likeness (QED) is 0.178. The largest absolute Gasteiger partial charge is 0.497 e. The number of hydrogen-bond acceptors (Lipinski definition) is 2. The van der Waals surface area contributed by atoms with Crippen LogP contribution in [0.5, 0.6) is 5.75 Å². The molecule has 0 spiro atoms. The van der Waals surface area contributed by atoms with E-state index in [-0.39, 0.29) is 23.8 Å². The van der Waals surface area contributed by atoms with Gasteiger partial charge < -0.3 is 9.47 Å². The van der Waals surface area contributed by atoms with Crippen LogP contribution in [0.4, 0.5) is 30.7 Å². The molecule has 2 aromatic rings. The molecule has 38 heavy (non-hydrogen) atoms. The number of allylic oxidation sites excluding steroid dienone is 1. The molecule has 0 radical (unpaired) electrons. The highest BCUT2D eigenvalue weighted by Gasteiger charge is 2.42. The minimum Gasteiger partial charge on any atom is -0.497 e. The Labute approximate surface area is 217 Å². The SMILES string of the molecule is CCCCCC1CCC(C2CCC(c3cc(F)c(C(F)(F)Oc4cc(F)c(F)c(F)c4)c(F)c3)=CO2)CC1. The summed E-state index contributed by atoms with van der Waals surface area (Å²) in [6, 6.07) is 1.82. The average Bonchev–Trinajstić information content (AvgIpc) is 2.87. The van der Waals surface area contributed by atoms with Crippen LogP contribution in [0.2, 0.25) is 0 Å². The van der Waals surface area contributed by atoms with Crippen molar-refractivity contribution >= 4 is 5.57 Å². The van der Waals surface area contributed by atoms with Crippen molar-refractivity contribution in [2.24, 2.45) is 11.8 Å². The number of hydrogen-bond donors (Lipinski definition) is 0. The highest BCUT2D eigenvalue weighted by molar-refractivity contribution is 5.66. The molecule has 0 bridgehead atoms. The lowest BCUT2D eigenvalue weighted by atomic mass is 9.76. The molecule has 2 aliphatic rings. The molecule has 9 heteroatoms. The Kier molecular flexibility index (Phi) is 8.93. The first kappa shape index (κ1) is 28.3. The third-order valence-corrected chi connectivity index (χ3v) is 7.62. The topological polar surface area (TPSA) is 18.5 Å². The van der Waals surface area contributed by atoms with E-state index in [1.807, 2.05) is 0 Å². The standard InChI is InChI=1S/C29H31F7O2/c1-2-3-4-5-17-6-8-18(9-7-17)26-11-10-19(16-37-26)20-12-22(30)27(23(31)13-20)29(35,36)38-21-14-24(32)28(34)25(33)15-21/h12-18,26H,2-11H2,1H3. The Bertz CT molecular complexity index is 1110. The fourth-order valence-corrected chi connectivity index (χ4v) is 5.51. The van der Waals surface area contributed by atoms with Crippen molar-refractivity contribution in [1.82, 2.24) is 0 Å². The molecule has 1 atom stereocenters. The summed E-state index contributed by atoms with van der Waals surface area (Å²) in [6.07, 6.45) is 7.50. The molecule has 208 valence electrons. The van der Waals surface area contributed by atoms with E-state index < -0.39 is 46.5 Å². The summed E-state index contributed by atoms with van der Waals surface area (Å²) in [6.45, 7) is 2.20. The summed E-state index contributed by atoms with van der Waals surface area (Å²) in [5, 5.41) is 0. The fraction of sp³-hybridized carbons (Fsp3) is 0.517. The predicted molar refractivity (Wildman–Crippen MR) is 129 cm³/mol. The fourth-order valence-electron chi connectivity index (χ4n) is 5.51. The van der Waals surface area contributed by atoms with E-state index in [2.05, 4.69) is 11.7 Å². The van der Waals surface area contributed by atoms with Gasteiger partial charge in [0.2, 0.25) is 0 Å². The monoisotopic (exact) mass is 544 g/mol. The van der Waals surface area contributed by atoms with Crippen molar-refractivity contribution in [1.29, 1.82) is 0 Å². The second kappa shape index (κ2) is 12.0. The van der Waals surface area contributed by atoms with E-state index in [0.29, 0.717) is 24.3 Å². The average molecular weight is 545 g/mol. The molecule has 0 N–H and O–H groups in total. The summed E-state index contributed by atoms with van der Waals surface area (Å²) in [7, 11) is 0. The number of unbranched alkanes of at least 4 members (excludes halogenated alkanes) is 2. The van der Waals surface area contributed by atoms with Crippen molar-refractivity contribution in [2.45, 2.75) is 83.3 Å². The van der Waals surface area contributed by atoms with Gasteiger partial charge in [0.05, 0.1) is 6.26 Å². The molecule has 2 aromatic carbocycles. The van der Waals surface area contributed by atoms with Crippen LogP contribution < -0.4 is 4.74 Å². The molecule has 4 rings (SSSR count). The van der Waals surface area contributed by atoms with Gasteiger partial charge in [-0.25, -0.2) is 22.0 Å². The molecule has 1 heterocycles.